The summed E-state index contributed by atoms with van der Waals surface area (Å²) in [6, 6.07) is 3.32. The van der Waals surface area contributed by atoms with Crippen molar-refractivity contribution in [1.29, 1.82) is 0 Å². The van der Waals surface area contributed by atoms with Crippen LogP contribution in [0.2, 0.25) is 0 Å². The molecule has 0 radical (unpaired) electrons. The van der Waals surface area contributed by atoms with E-state index in [1.807, 2.05) is 0 Å². The third kappa shape index (κ3) is 36.9. The first-order valence-electron chi connectivity index (χ1n) is 12.1. The highest BCUT2D eigenvalue weighted by molar-refractivity contribution is 5.80. The summed E-state index contributed by atoms with van der Waals surface area (Å²) in [5.41, 5.74) is 35.4. The first kappa shape index (κ1) is 45.9. The molecule has 0 amide bonds. The van der Waals surface area contributed by atoms with E-state index in [1.165, 1.54) is 12.1 Å². The van der Waals surface area contributed by atoms with Crippen LogP contribution in [0.3, 0.4) is 0 Å². The Kier molecular flexibility index (Phi) is 29.3. The molecule has 21 heteroatoms. The van der Waals surface area contributed by atoms with Gasteiger partial charge in [-0.2, -0.15) is 0 Å². The van der Waals surface area contributed by atoms with Crippen molar-refractivity contribution >= 4 is 41.8 Å². The Bertz CT molecular complexity index is 1020. The number of carboxylic acid groups (broad SMARTS) is 6. The second kappa shape index (κ2) is 28.0. The normalized spacial score (nSPS) is 11.2. The van der Waals surface area contributed by atoms with E-state index >= 15 is 0 Å². The maximum atomic E-state index is 10.4. The number of hydrogen-bond donors (Lipinski definition) is 14. The first-order chi connectivity index (χ1) is 20.2. The molecule has 3 atom stereocenters. The molecule has 21 nitrogen and oxygen atoms in total. The lowest BCUT2D eigenvalue weighted by Gasteiger charge is -2.05. The Morgan fingerprint density at radius 2 is 1.05 bits per heavy atom. The fourth-order valence-electron chi connectivity index (χ4n) is 1.89. The van der Waals surface area contributed by atoms with Crippen molar-refractivity contribution in [2.75, 3.05) is 19.6 Å². The molecule has 0 saturated heterocycles. The molecule has 0 aliphatic heterocycles. The van der Waals surface area contributed by atoms with Gasteiger partial charge in [0.15, 0.2) is 5.96 Å². The van der Waals surface area contributed by atoms with Crippen LogP contribution in [0.1, 0.15) is 24.8 Å². The van der Waals surface area contributed by atoms with Crippen molar-refractivity contribution in [2.45, 2.75) is 43.8 Å². The van der Waals surface area contributed by atoms with E-state index in [4.69, 9.17) is 64.4 Å². The Labute approximate surface area is 250 Å². The molecule has 0 aliphatic rings. The van der Waals surface area contributed by atoms with Gasteiger partial charge in [0, 0.05) is 6.54 Å². The van der Waals surface area contributed by atoms with Gasteiger partial charge in [-0.25, -0.2) is 0 Å². The van der Waals surface area contributed by atoms with Gasteiger partial charge < -0.3 is 75.9 Å². The number of rotatable bonds is 13. The van der Waals surface area contributed by atoms with Crippen LogP contribution in [-0.2, 0) is 35.2 Å². The summed E-state index contributed by atoms with van der Waals surface area (Å²) in [6.07, 6.45) is 0.697. The van der Waals surface area contributed by atoms with Crippen molar-refractivity contribution in [2.24, 2.45) is 45.1 Å². The largest absolute Gasteiger partial charge is 0.508 e. The average molecular weight is 639 g/mol. The average Bonchev–Trinajstić information content (AvgIpc) is 2.92. The van der Waals surface area contributed by atoms with Crippen molar-refractivity contribution in [1.82, 2.24) is 0 Å². The topological polar surface area (TPSA) is 439 Å². The number of benzene rings is 1. The molecule has 21 N–H and O–H groups in total. The van der Waals surface area contributed by atoms with Crippen molar-refractivity contribution in [3.05, 3.63) is 29.8 Å². The summed E-state index contributed by atoms with van der Waals surface area (Å²) < 4.78 is 0. The minimum absolute atomic E-state index is 0.0129. The summed E-state index contributed by atoms with van der Waals surface area (Å²) in [5, 5.41) is 57.1. The molecule has 44 heavy (non-hydrogen) atoms. The molecule has 0 aromatic heterocycles. The predicted octanol–water partition coefficient (Wildman–Crippen LogP) is -4.27. The summed E-state index contributed by atoms with van der Waals surface area (Å²) in [7, 11) is 0. The van der Waals surface area contributed by atoms with Gasteiger partial charge in [0.1, 0.15) is 23.9 Å². The Balaban J connectivity index is -0.000000239. The second-order valence-electron chi connectivity index (χ2n) is 7.95. The van der Waals surface area contributed by atoms with Gasteiger partial charge >= 0.3 is 35.8 Å². The second-order valence-corrected chi connectivity index (χ2v) is 7.95. The predicted molar refractivity (Wildman–Crippen MR) is 154 cm³/mol. The first-order valence-corrected chi connectivity index (χ1v) is 12.1. The Hall–Kier alpha value is -5.09. The molecule has 0 aliphatic carbocycles. The smallest absolute Gasteiger partial charge is 0.321 e. The highest BCUT2D eigenvalue weighted by atomic mass is 16.4. The number of aliphatic carboxylic acids is 6. The van der Waals surface area contributed by atoms with E-state index in [0.717, 1.165) is 5.56 Å². The summed E-state index contributed by atoms with van der Waals surface area (Å²) in [6.45, 7) is -0.136. The van der Waals surface area contributed by atoms with Crippen LogP contribution in [0.25, 0.3) is 0 Å². The number of carboxylic acids is 6. The highest BCUT2D eigenvalue weighted by Gasteiger charge is 2.14. The lowest BCUT2D eigenvalue weighted by Crippen LogP contribution is -2.32. The van der Waals surface area contributed by atoms with Crippen LogP contribution in [0.4, 0.5) is 0 Å². The van der Waals surface area contributed by atoms with Crippen molar-refractivity contribution < 1.29 is 64.5 Å². The van der Waals surface area contributed by atoms with Gasteiger partial charge in [-0.3, -0.25) is 33.8 Å². The Morgan fingerprint density at radius 3 is 1.32 bits per heavy atom. The van der Waals surface area contributed by atoms with Crippen LogP contribution >= 0.6 is 0 Å². The van der Waals surface area contributed by atoms with E-state index in [2.05, 4.69) is 16.5 Å². The number of nitrogens with zero attached hydrogens (tertiary/aromatic N) is 1. The number of aromatic hydroxyl groups is 1. The maximum absolute atomic E-state index is 10.4. The van der Waals surface area contributed by atoms with Crippen LogP contribution < -0.4 is 40.1 Å². The molecule has 0 heterocycles. The maximum Gasteiger partial charge on any atom is 0.321 e. The summed E-state index contributed by atoms with van der Waals surface area (Å²) in [4.78, 5) is 62.4. The molecule has 1 aromatic carbocycles. The van der Waals surface area contributed by atoms with E-state index in [0.29, 0.717) is 19.4 Å². The minimum Gasteiger partial charge on any atom is -0.508 e. The lowest BCUT2D eigenvalue weighted by atomic mass is 10.1. The fraction of sp³-hybridized carbons (Fsp3) is 0.435. The number of carbonyl (C=O) groups is 6. The van der Waals surface area contributed by atoms with Crippen LogP contribution in [-0.4, -0.2) is 115 Å². The van der Waals surface area contributed by atoms with Gasteiger partial charge in [0.05, 0.1) is 19.5 Å². The molecule has 0 fully saturated rings. The zero-order valence-electron chi connectivity index (χ0n) is 23.6. The fourth-order valence-corrected chi connectivity index (χ4v) is 1.89. The standard InChI is InChI=1S/C9H11NO3.C6H14N4O2.C4H7NO4.2C2H5NO2/c10-8(9(12)13)5-6-1-3-7(11)4-2-6;7-4(5(11)12)2-1-3-10-6(8)9;5-2(4(8)9)1-3(6)7;2*3-1-2(4)5/h1-4,8,11H,5,10H2,(H,12,13);4H,1-3,7H2,(H,11,12)(H4,8,9,10);2H,1,5H2,(H,6,7)(H,8,9);2*1,3H2,(H,4,5)/t8-;4-;2-;;/m000../s1. The molecular formula is C23H42N8O13. The quantitative estimate of drug-likeness (QED) is 0.0552. The van der Waals surface area contributed by atoms with Gasteiger partial charge in [-0.15, -0.1) is 0 Å². The zero-order chi connectivity index (χ0) is 35.4. The van der Waals surface area contributed by atoms with Gasteiger partial charge in [0.2, 0.25) is 0 Å². The highest BCUT2D eigenvalue weighted by Crippen LogP contribution is 2.10. The molecule has 0 spiro atoms. The summed E-state index contributed by atoms with van der Waals surface area (Å²) >= 11 is 0. The van der Waals surface area contributed by atoms with E-state index in [1.54, 1.807) is 12.1 Å². The van der Waals surface area contributed by atoms with E-state index < -0.39 is 60.4 Å². The zero-order valence-corrected chi connectivity index (χ0v) is 23.6. The van der Waals surface area contributed by atoms with Gasteiger partial charge in [-0.05, 0) is 37.0 Å². The third-order valence-corrected chi connectivity index (χ3v) is 4.05. The van der Waals surface area contributed by atoms with Crippen molar-refractivity contribution in [3.8, 4) is 5.75 Å². The molecule has 1 aromatic rings. The van der Waals surface area contributed by atoms with Crippen LogP contribution in [0, 0.1) is 0 Å². The van der Waals surface area contributed by atoms with E-state index in [-0.39, 0.29) is 31.2 Å². The van der Waals surface area contributed by atoms with Crippen LogP contribution in [0.15, 0.2) is 29.3 Å². The number of phenols is 1. The molecular weight excluding hydrogens is 596 g/mol. The molecule has 1 rings (SSSR count). The molecule has 0 bridgehead atoms. The minimum atomic E-state index is -1.29. The summed E-state index contributed by atoms with van der Waals surface area (Å²) in [5.74, 6) is -6.28. The Morgan fingerprint density at radius 1 is 0.659 bits per heavy atom. The SMILES string of the molecule is NC(N)=NCCC[C@H](N)C(=O)O.NCC(=O)O.NCC(=O)O.N[C@@H](CC(=O)O)C(=O)O.N[C@@H](Cc1ccc(O)cc1)C(=O)O. The molecule has 0 saturated carbocycles. The lowest BCUT2D eigenvalue weighted by molar-refractivity contribution is -0.144. The van der Waals surface area contributed by atoms with E-state index in [9.17, 15) is 28.8 Å². The number of aliphatic imine (C=N–C) groups is 1. The van der Waals surface area contributed by atoms with Crippen molar-refractivity contribution in [3.63, 3.8) is 0 Å². The molecule has 0 unspecified atom stereocenters. The number of phenolic OH excluding ortho intramolecular Hbond substituents is 1. The number of hydrogen-bond acceptors (Lipinski definition) is 13. The third-order valence-electron chi connectivity index (χ3n) is 4.05. The van der Waals surface area contributed by atoms with Gasteiger partial charge in [-0.1, -0.05) is 12.1 Å². The van der Waals surface area contributed by atoms with Crippen LogP contribution in [0.5, 0.6) is 5.75 Å². The molecule has 252 valence electrons. The monoisotopic (exact) mass is 638 g/mol. The number of guanidine groups is 1. The number of nitrogens with two attached hydrogens (primary N) is 7. The van der Waals surface area contributed by atoms with Gasteiger partial charge in [0.25, 0.3) is 0 Å².